The molecule has 0 spiro atoms. The van der Waals surface area contributed by atoms with Crippen LogP contribution in [0.1, 0.15) is 30.8 Å². The van der Waals surface area contributed by atoms with Crippen molar-refractivity contribution in [2.45, 2.75) is 33.1 Å². The van der Waals surface area contributed by atoms with Gasteiger partial charge in [0.25, 0.3) is 0 Å². The SMILES string of the molecule is CCc1nc(-c2ncccn2)nc(CC)c1CC(=O)O. The van der Waals surface area contributed by atoms with E-state index in [1.165, 1.54) is 0 Å². The summed E-state index contributed by atoms with van der Waals surface area (Å²) in [6, 6.07) is 1.73. The summed E-state index contributed by atoms with van der Waals surface area (Å²) in [4.78, 5) is 28.1. The van der Waals surface area contributed by atoms with E-state index in [0.29, 0.717) is 30.1 Å². The number of carboxylic acids is 1. The second-order valence-corrected chi connectivity index (χ2v) is 4.27. The van der Waals surface area contributed by atoms with Gasteiger partial charge in [0.15, 0.2) is 11.6 Å². The Labute approximate surface area is 117 Å². The van der Waals surface area contributed by atoms with Crippen molar-refractivity contribution in [1.29, 1.82) is 0 Å². The largest absolute Gasteiger partial charge is 0.481 e. The molecule has 2 aromatic rings. The number of aliphatic carboxylic acids is 1. The van der Waals surface area contributed by atoms with Gasteiger partial charge < -0.3 is 5.11 Å². The van der Waals surface area contributed by atoms with E-state index < -0.39 is 5.97 Å². The Morgan fingerprint density at radius 1 is 1.05 bits per heavy atom. The highest BCUT2D eigenvalue weighted by Crippen LogP contribution is 2.18. The van der Waals surface area contributed by atoms with Crippen LogP contribution in [0.3, 0.4) is 0 Å². The molecule has 0 aliphatic carbocycles. The van der Waals surface area contributed by atoms with Crippen LogP contribution >= 0.6 is 0 Å². The summed E-state index contributed by atoms with van der Waals surface area (Å²) in [5.41, 5.74) is 2.21. The molecular formula is C14H16N4O2. The first-order valence-electron chi connectivity index (χ1n) is 6.53. The van der Waals surface area contributed by atoms with Crippen molar-refractivity contribution in [3.63, 3.8) is 0 Å². The Morgan fingerprint density at radius 3 is 2.05 bits per heavy atom. The second kappa shape index (κ2) is 6.18. The summed E-state index contributed by atoms with van der Waals surface area (Å²) in [7, 11) is 0. The highest BCUT2D eigenvalue weighted by atomic mass is 16.4. The van der Waals surface area contributed by atoms with E-state index in [1.807, 2.05) is 13.8 Å². The summed E-state index contributed by atoms with van der Waals surface area (Å²) >= 11 is 0. The van der Waals surface area contributed by atoms with Crippen LogP contribution in [0.5, 0.6) is 0 Å². The summed E-state index contributed by atoms with van der Waals surface area (Å²) in [5, 5.41) is 9.01. The predicted octanol–water partition coefficient (Wildman–Crippen LogP) is 1.69. The topological polar surface area (TPSA) is 88.9 Å². The lowest BCUT2D eigenvalue weighted by molar-refractivity contribution is -0.136. The van der Waals surface area contributed by atoms with Crippen LogP contribution < -0.4 is 0 Å². The third-order valence-electron chi connectivity index (χ3n) is 2.94. The third kappa shape index (κ3) is 2.96. The van der Waals surface area contributed by atoms with Gasteiger partial charge in [-0.2, -0.15) is 0 Å². The van der Waals surface area contributed by atoms with Gasteiger partial charge in [-0.15, -0.1) is 0 Å². The molecule has 2 rings (SSSR count). The standard InChI is InChI=1S/C14H16N4O2/c1-3-10-9(8-12(19)20)11(4-2)18-14(17-10)13-15-6-5-7-16-13/h5-7H,3-4,8H2,1-2H3,(H,19,20). The molecule has 0 aromatic carbocycles. The fourth-order valence-corrected chi connectivity index (χ4v) is 2.04. The summed E-state index contributed by atoms with van der Waals surface area (Å²) < 4.78 is 0. The van der Waals surface area contributed by atoms with E-state index in [-0.39, 0.29) is 6.42 Å². The molecule has 6 nitrogen and oxygen atoms in total. The molecule has 2 aromatic heterocycles. The Hall–Kier alpha value is -2.37. The minimum Gasteiger partial charge on any atom is -0.481 e. The van der Waals surface area contributed by atoms with E-state index in [4.69, 9.17) is 5.11 Å². The van der Waals surface area contributed by atoms with Crippen molar-refractivity contribution in [2.75, 3.05) is 0 Å². The van der Waals surface area contributed by atoms with E-state index in [2.05, 4.69) is 19.9 Å². The Kier molecular flexibility index (Phi) is 4.34. The second-order valence-electron chi connectivity index (χ2n) is 4.27. The molecule has 20 heavy (non-hydrogen) atoms. The van der Waals surface area contributed by atoms with E-state index in [0.717, 1.165) is 11.4 Å². The van der Waals surface area contributed by atoms with Gasteiger partial charge in [-0.3, -0.25) is 4.79 Å². The van der Waals surface area contributed by atoms with Gasteiger partial charge in [0.1, 0.15) is 0 Å². The first kappa shape index (κ1) is 14.0. The zero-order chi connectivity index (χ0) is 14.5. The quantitative estimate of drug-likeness (QED) is 0.890. The highest BCUT2D eigenvalue weighted by Gasteiger charge is 2.16. The number of carboxylic acid groups (broad SMARTS) is 1. The lowest BCUT2D eigenvalue weighted by Gasteiger charge is -2.11. The molecular weight excluding hydrogens is 256 g/mol. The average Bonchev–Trinajstić information content (AvgIpc) is 2.47. The van der Waals surface area contributed by atoms with Crippen molar-refractivity contribution in [1.82, 2.24) is 19.9 Å². The van der Waals surface area contributed by atoms with E-state index in [1.54, 1.807) is 18.5 Å². The van der Waals surface area contributed by atoms with Crippen molar-refractivity contribution in [3.8, 4) is 11.6 Å². The fourth-order valence-electron chi connectivity index (χ4n) is 2.04. The van der Waals surface area contributed by atoms with Crippen LogP contribution in [0.15, 0.2) is 18.5 Å². The van der Waals surface area contributed by atoms with E-state index >= 15 is 0 Å². The average molecular weight is 272 g/mol. The molecule has 0 saturated heterocycles. The number of carbonyl (C=O) groups is 1. The summed E-state index contributed by atoms with van der Waals surface area (Å²) in [5.74, 6) is 0.0360. The molecule has 1 N–H and O–H groups in total. The zero-order valence-electron chi connectivity index (χ0n) is 11.5. The number of nitrogens with zero attached hydrogens (tertiary/aromatic N) is 4. The van der Waals surface area contributed by atoms with E-state index in [9.17, 15) is 4.79 Å². The monoisotopic (exact) mass is 272 g/mol. The lowest BCUT2D eigenvalue weighted by Crippen LogP contribution is -2.12. The van der Waals surface area contributed by atoms with Gasteiger partial charge >= 0.3 is 5.97 Å². The summed E-state index contributed by atoms with van der Waals surface area (Å²) in [6.45, 7) is 3.89. The molecule has 0 fully saturated rings. The van der Waals surface area contributed by atoms with Crippen molar-refractivity contribution in [2.24, 2.45) is 0 Å². The maximum atomic E-state index is 11.0. The third-order valence-corrected chi connectivity index (χ3v) is 2.94. The van der Waals surface area contributed by atoms with Gasteiger partial charge in [0.05, 0.1) is 6.42 Å². The summed E-state index contributed by atoms with van der Waals surface area (Å²) in [6.07, 6.45) is 4.51. The van der Waals surface area contributed by atoms with Gasteiger partial charge in [-0.1, -0.05) is 13.8 Å². The smallest absolute Gasteiger partial charge is 0.307 e. The molecule has 0 amide bonds. The Balaban J connectivity index is 2.55. The van der Waals surface area contributed by atoms with Crippen LogP contribution in [-0.4, -0.2) is 31.0 Å². The Bertz CT molecular complexity index is 589. The van der Waals surface area contributed by atoms with Gasteiger partial charge in [-0.25, -0.2) is 19.9 Å². The molecule has 0 saturated carbocycles. The van der Waals surface area contributed by atoms with Crippen LogP contribution in [0.4, 0.5) is 0 Å². The number of rotatable bonds is 5. The molecule has 0 atom stereocenters. The molecule has 2 heterocycles. The van der Waals surface area contributed by atoms with Crippen LogP contribution in [0, 0.1) is 0 Å². The molecule has 104 valence electrons. The van der Waals surface area contributed by atoms with Crippen molar-refractivity contribution >= 4 is 5.97 Å². The van der Waals surface area contributed by atoms with Crippen LogP contribution in [0.25, 0.3) is 11.6 Å². The van der Waals surface area contributed by atoms with Gasteiger partial charge in [0.2, 0.25) is 0 Å². The van der Waals surface area contributed by atoms with Crippen LogP contribution in [-0.2, 0) is 24.1 Å². The van der Waals surface area contributed by atoms with Crippen molar-refractivity contribution in [3.05, 3.63) is 35.4 Å². The normalized spacial score (nSPS) is 10.5. The maximum absolute atomic E-state index is 11.0. The van der Waals surface area contributed by atoms with Crippen LogP contribution in [0.2, 0.25) is 0 Å². The number of aromatic nitrogens is 4. The first-order valence-corrected chi connectivity index (χ1v) is 6.53. The molecule has 0 aliphatic heterocycles. The lowest BCUT2D eigenvalue weighted by atomic mass is 10.0. The zero-order valence-corrected chi connectivity index (χ0v) is 11.5. The highest BCUT2D eigenvalue weighted by molar-refractivity contribution is 5.71. The molecule has 0 aliphatic rings. The number of hydrogen-bond acceptors (Lipinski definition) is 5. The maximum Gasteiger partial charge on any atom is 0.307 e. The van der Waals surface area contributed by atoms with Gasteiger partial charge in [0, 0.05) is 29.3 Å². The minimum absolute atomic E-state index is 0.0533. The molecule has 0 bridgehead atoms. The number of hydrogen-bond donors (Lipinski definition) is 1. The first-order chi connectivity index (χ1) is 9.65. The predicted molar refractivity (Wildman–Crippen MR) is 73.2 cm³/mol. The molecule has 0 unspecified atom stereocenters. The minimum atomic E-state index is -0.873. The number of aryl methyl sites for hydroxylation is 2. The van der Waals surface area contributed by atoms with Gasteiger partial charge in [-0.05, 0) is 18.9 Å². The molecule has 0 radical (unpaired) electrons. The van der Waals surface area contributed by atoms with Crippen molar-refractivity contribution < 1.29 is 9.90 Å². The Morgan fingerprint density at radius 2 is 1.60 bits per heavy atom. The molecule has 6 heteroatoms. The fraction of sp³-hybridized carbons (Fsp3) is 0.357.